The Morgan fingerprint density at radius 2 is 1.97 bits per heavy atom. The number of nitrogens with zero attached hydrogens (tertiary/aromatic N) is 4. The predicted octanol–water partition coefficient (Wildman–Crippen LogP) is 3.22. The van der Waals surface area contributed by atoms with Gasteiger partial charge in [-0.3, -0.25) is 14.7 Å². The molecule has 0 radical (unpaired) electrons. The molecule has 35 heavy (non-hydrogen) atoms. The summed E-state index contributed by atoms with van der Waals surface area (Å²) in [5.74, 6) is 1.21. The number of carbonyl (C=O) groups is 1. The second-order valence-corrected chi connectivity index (χ2v) is 8.65. The maximum Gasteiger partial charge on any atom is 0.274 e. The zero-order chi connectivity index (χ0) is 24.4. The number of rotatable bonds is 7. The molecule has 3 heterocycles. The van der Waals surface area contributed by atoms with Gasteiger partial charge in [0, 0.05) is 25.3 Å². The maximum atomic E-state index is 13.5. The van der Waals surface area contributed by atoms with E-state index in [2.05, 4.69) is 15.1 Å². The van der Waals surface area contributed by atoms with E-state index in [0.29, 0.717) is 36.0 Å². The summed E-state index contributed by atoms with van der Waals surface area (Å²) in [5.41, 5.74) is 2.35. The van der Waals surface area contributed by atoms with Gasteiger partial charge in [-0.2, -0.15) is 9.50 Å². The largest absolute Gasteiger partial charge is 0.486 e. The highest BCUT2D eigenvalue weighted by Crippen LogP contribution is 2.28. The Kier molecular flexibility index (Phi) is 6.33. The highest BCUT2D eigenvalue weighted by atomic mass is 16.5. The van der Waals surface area contributed by atoms with Crippen molar-refractivity contribution in [2.45, 2.75) is 32.4 Å². The fourth-order valence-electron chi connectivity index (χ4n) is 4.53. The summed E-state index contributed by atoms with van der Waals surface area (Å²) in [6, 6.07) is 16.5. The molecule has 9 nitrogen and oxygen atoms in total. The van der Waals surface area contributed by atoms with Crippen molar-refractivity contribution in [2.75, 3.05) is 20.3 Å². The Labute approximate surface area is 202 Å². The molecule has 1 aliphatic heterocycles. The minimum atomic E-state index is -0.289. The Morgan fingerprint density at radius 1 is 1.14 bits per heavy atom. The van der Waals surface area contributed by atoms with E-state index in [1.54, 1.807) is 13.2 Å². The van der Waals surface area contributed by atoms with E-state index in [0.717, 1.165) is 24.0 Å². The van der Waals surface area contributed by atoms with E-state index in [9.17, 15) is 9.59 Å². The second-order valence-electron chi connectivity index (χ2n) is 8.65. The number of hydrogen-bond acceptors (Lipinski definition) is 6. The molecule has 1 fully saturated rings. The van der Waals surface area contributed by atoms with Gasteiger partial charge >= 0.3 is 0 Å². The third-order valence-corrected chi connectivity index (χ3v) is 6.25. The van der Waals surface area contributed by atoms with Gasteiger partial charge in [0.2, 0.25) is 0 Å². The summed E-state index contributed by atoms with van der Waals surface area (Å²) in [7, 11) is 1.65. The molecule has 9 heteroatoms. The lowest BCUT2D eigenvalue weighted by molar-refractivity contribution is 0.0625. The molecule has 5 rings (SSSR count). The van der Waals surface area contributed by atoms with Crippen LogP contribution in [0.4, 0.5) is 0 Å². The lowest BCUT2D eigenvalue weighted by atomic mass is 10.1. The number of aromatic amines is 1. The van der Waals surface area contributed by atoms with Crippen molar-refractivity contribution < 1.29 is 14.3 Å². The summed E-state index contributed by atoms with van der Waals surface area (Å²) in [6.07, 6.45) is 1.87. The SMILES string of the molecule is COC[C@H]1CCCN1C(=O)c1c(C)cccc1OCc1cc(=O)n2[nH]c(-c3ccccc3)nc2n1. The number of nitrogens with one attached hydrogen (secondary N) is 1. The van der Waals surface area contributed by atoms with Crippen molar-refractivity contribution in [3.8, 4) is 17.1 Å². The molecule has 2 aromatic carbocycles. The van der Waals surface area contributed by atoms with Crippen LogP contribution in [0.2, 0.25) is 0 Å². The van der Waals surface area contributed by atoms with Gasteiger partial charge in [0.1, 0.15) is 12.4 Å². The summed E-state index contributed by atoms with van der Waals surface area (Å²) in [4.78, 5) is 37.0. The van der Waals surface area contributed by atoms with Crippen molar-refractivity contribution in [3.63, 3.8) is 0 Å². The van der Waals surface area contributed by atoms with Crippen molar-refractivity contribution in [3.05, 3.63) is 81.8 Å². The summed E-state index contributed by atoms with van der Waals surface area (Å²) >= 11 is 0. The number of hydrogen-bond donors (Lipinski definition) is 1. The van der Waals surface area contributed by atoms with Crippen molar-refractivity contribution in [1.82, 2.24) is 24.5 Å². The van der Waals surface area contributed by atoms with Crippen LogP contribution in [0.1, 0.15) is 34.5 Å². The number of H-pyrrole nitrogens is 1. The first-order valence-corrected chi connectivity index (χ1v) is 11.6. The highest BCUT2D eigenvalue weighted by molar-refractivity contribution is 5.98. The van der Waals surface area contributed by atoms with Crippen LogP contribution in [0.3, 0.4) is 0 Å². The minimum absolute atomic E-state index is 0.0322. The smallest absolute Gasteiger partial charge is 0.274 e. The zero-order valence-corrected chi connectivity index (χ0v) is 19.7. The lowest BCUT2D eigenvalue weighted by Gasteiger charge is -2.26. The van der Waals surface area contributed by atoms with Gasteiger partial charge in [0.15, 0.2) is 5.82 Å². The van der Waals surface area contributed by atoms with Gasteiger partial charge < -0.3 is 14.4 Å². The van der Waals surface area contributed by atoms with Crippen LogP contribution in [-0.2, 0) is 11.3 Å². The van der Waals surface area contributed by atoms with Crippen molar-refractivity contribution in [1.29, 1.82) is 0 Å². The van der Waals surface area contributed by atoms with Gasteiger partial charge in [-0.1, -0.05) is 42.5 Å². The van der Waals surface area contributed by atoms with Crippen LogP contribution in [0.25, 0.3) is 17.2 Å². The van der Waals surface area contributed by atoms with Crippen LogP contribution in [0.15, 0.2) is 59.4 Å². The van der Waals surface area contributed by atoms with E-state index in [-0.39, 0.29) is 29.9 Å². The monoisotopic (exact) mass is 473 g/mol. The number of aromatic nitrogens is 4. The number of amides is 1. The number of fused-ring (bicyclic) bond motifs is 1. The number of carbonyl (C=O) groups excluding carboxylic acids is 1. The number of ether oxygens (including phenoxy) is 2. The van der Waals surface area contributed by atoms with Gasteiger partial charge in [0.05, 0.1) is 23.9 Å². The van der Waals surface area contributed by atoms with Crippen molar-refractivity contribution in [2.24, 2.45) is 0 Å². The van der Waals surface area contributed by atoms with Gasteiger partial charge in [-0.25, -0.2) is 4.98 Å². The first kappa shape index (κ1) is 22.8. The minimum Gasteiger partial charge on any atom is -0.486 e. The normalized spacial score (nSPS) is 15.6. The molecule has 1 N–H and O–H groups in total. The third-order valence-electron chi connectivity index (χ3n) is 6.25. The number of methoxy groups -OCH3 is 1. The number of likely N-dealkylation sites (tertiary alicyclic amines) is 1. The molecule has 1 atom stereocenters. The Hall–Kier alpha value is -3.98. The highest BCUT2D eigenvalue weighted by Gasteiger charge is 2.31. The van der Waals surface area contributed by atoms with Gasteiger partial charge in [0.25, 0.3) is 17.2 Å². The molecule has 0 unspecified atom stereocenters. The lowest BCUT2D eigenvalue weighted by Crippen LogP contribution is -2.38. The van der Waals surface area contributed by atoms with Crippen LogP contribution < -0.4 is 10.3 Å². The Morgan fingerprint density at radius 3 is 2.77 bits per heavy atom. The van der Waals surface area contributed by atoms with Crippen LogP contribution in [-0.4, -0.2) is 56.7 Å². The molecule has 0 aliphatic carbocycles. The third kappa shape index (κ3) is 4.54. The molecular formula is C26H27N5O4. The second kappa shape index (κ2) is 9.71. The van der Waals surface area contributed by atoms with Crippen LogP contribution >= 0.6 is 0 Å². The molecule has 1 saturated heterocycles. The number of benzene rings is 2. The van der Waals surface area contributed by atoms with E-state index >= 15 is 0 Å². The molecule has 180 valence electrons. The Bertz CT molecular complexity index is 1410. The fourth-order valence-corrected chi connectivity index (χ4v) is 4.53. The molecule has 4 aromatic rings. The molecule has 0 saturated carbocycles. The summed E-state index contributed by atoms with van der Waals surface area (Å²) < 4.78 is 12.7. The fraction of sp³-hybridized carbons (Fsp3) is 0.308. The van der Waals surface area contributed by atoms with Gasteiger partial charge in [-0.15, -0.1) is 0 Å². The van der Waals surface area contributed by atoms with E-state index in [4.69, 9.17) is 9.47 Å². The molecule has 0 bridgehead atoms. The zero-order valence-electron chi connectivity index (χ0n) is 19.7. The summed E-state index contributed by atoms with van der Waals surface area (Å²) in [5, 5.41) is 2.99. The first-order valence-electron chi connectivity index (χ1n) is 11.6. The first-order chi connectivity index (χ1) is 17.0. The van der Waals surface area contributed by atoms with Crippen molar-refractivity contribution >= 4 is 11.7 Å². The summed E-state index contributed by atoms with van der Waals surface area (Å²) in [6.45, 7) is 3.13. The maximum absolute atomic E-state index is 13.5. The standard InChI is InChI=1S/C26H27N5O4/c1-17-8-6-12-21(23(17)25(33)30-13-7-11-20(30)16-34-2)35-15-19-14-22(32)31-26(27-19)28-24(29-31)18-9-4-3-5-10-18/h3-6,8-10,12,14,20H,7,11,13,15-16H2,1-2H3,(H,27,28,29)/t20-/m1/s1. The quantitative estimate of drug-likeness (QED) is 0.442. The molecule has 0 spiro atoms. The molecule has 2 aromatic heterocycles. The predicted molar refractivity (Wildman–Crippen MR) is 130 cm³/mol. The molecule has 1 amide bonds. The van der Waals surface area contributed by atoms with E-state index in [1.165, 1.54) is 10.6 Å². The van der Waals surface area contributed by atoms with E-state index in [1.807, 2.05) is 54.3 Å². The number of aryl methyl sites for hydroxylation is 1. The van der Waals surface area contributed by atoms with Crippen LogP contribution in [0, 0.1) is 6.92 Å². The van der Waals surface area contributed by atoms with Crippen LogP contribution in [0.5, 0.6) is 5.75 Å². The molecular weight excluding hydrogens is 446 g/mol. The molecule has 1 aliphatic rings. The average Bonchev–Trinajstić information content (AvgIpc) is 3.51. The average molecular weight is 474 g/mol. The topological polar surface area (TPSA) is 102 Å². The Balaban J connectivity index is 1.40. The van der Waals surface area contributed by atoms with Gasteiger partial charge in [-0.05, 0) is 31.4 Å². The van der Waals surface area contributed by atoms with E-state index < -0.39 is 0 Å².